The lowest BCUT2D eigenvalue weighted by Gasteiger charge is -2.18. The maximum Gasteiger partial charge on any atom is 0.164 e. The van der Waals surface area contributed by atoms with Gasteiger partial charge < -0.3 is 0 Å². The van der Waals surface area contributed by atoms with Crippen LogP contribution in [0, 0.1) is 6.92 Å². The molecule has 1 aliphatic carbocycles. The highest BCUT2D eigenvalue weighted by Crippen LogP contribution is 2.25. The normalized spacial score (nSPS) is 15.2. The predicted octanol–water partition coefficient (Wildman–Crippen LogP) is 2.86. The summed E-state index contributed by atoms with van der Waals surface area (Å²) in [6, 6.07) is 2.07. The van der Waals surface area contributed by atoms with Gasteiger partial charge in [-0.3, -0.25) is 9.78 Å². The van der Waals surface area contributed by atoms with E-state index in [9.17, 15) is 4.79 Å². The summed E-state index contributed by atoms with van der Waals surface area (Å²) in [5.41, 5.74) is 4.24. The summed E-state index contributed by atoms with van der Waals surface area (Å²) in [5, 5.41) is 0. The first-order chi connectivity index (χ1) is 7.22. The lowest BCUT2D eigenvalue weighted by atomic mass is 9.88. The van der Waals surface area contributed by atoms with E-state index >= 15 is 0 Å². The van der Waals surface area contributed by atoms with Crippen molar-refractivity contribution in [3.63, 3.8) is 0 Å². The highest BCUT2D eigenvalue weighted by Gasteiger charge is 2.21. The quantitative estimate of drug-likeness (QED) is 0.739. The van der Waals surface area contributed by atoms with Gasteiger partial charge in [0.05, 0.1) is 5.69 Å². The molecule has 0 amide bonds. The van der Waals surface area contributed by atoms with E-state index in [1.165, 1.54) is 5.56 Å². The molecule has 2 rings (SSSR count). The van der Waals surface area contributed by atoms with Crippen molar-refractivity contribution in [1.82, 2.24) is 4.98 Å². The summed E-state index contributed by atoms with van der Waals surface area (Å²) >= 11 is 0. The molecule has 2 heteroatoms. The van der Waals surface area contributed by atoms with Gasteiger partial charge in [0.25, 0.3) is 0 Å². The Morgan fingerprint density at radius 3 is 2.93 bits per heavy atom. The molecule has 1 aliphatic rings. The third kappa shape index (κ3) is 1.94. The molecule has 0 unspecified atom stereocenters. The minimum absolute atomic E-state index is 0.298. The van der Waals surface area contributed by atoms with Crippen molar-refractivity contribution in [2.45, 2.75) is 46.0 Å². The smallest absolute Gasteiger partial charge is 0.164 e. The van der Waals surface area contributed by atoms with Gasteiger partial charge in [0.15, 0.2) is 5.78 Å². The fraction of sp³-hybridized carbons (Fsp3) is 0.538. The number of aryl methyl sites for hydroxylation is 3. The Morgan fingerprint density at radius 1 is 1.40 bits per heavy atom. The third-order valence-corrected chi connectivity index (χ3v) is 2.92. The molecule has 80 valence electrons. The molecule has 2 nitrogen and oxygen atoms in total. The fourth-order valence-corrected chi connectivity index (χ4v) is 2.33. The SMILES string of the molecule is CCCc1nc(C)cc2c1C(=O)CCC2. The van der Waals surface area contributed by atoms with Gasteiger partial charge in [-0.1, -0.05) is 13.3 Å². The molecule has 0 aliphatic heterocycles. The Morgan fingerprint density at radius 2 is 2.20 bits per heavy atom. The molecular weight excluding hydrogens is 186 g/mol. The van der Waals surface area contributed by atoms with Crippen LogP contribution in [0.4, 0.5) is 0 Å². The zero-order valence-corrected chi connectivity index (χ0v) is 9.47. The van der Waals surface area contributed by atoms with Crippen LogP contribution in [0.3, 0.4) is 0 Å². The van der Waals surface area contributed by atoms with Crippen molar-refractivity contribution in [2.75, 3.05) is 0 Å². The minimum Gasteiger partial charge on any atom is -0.294 e. The molecule has 0 aromatic carbocycles. The van der Waals surface area contributed by atoms with E-state index in [2.05, 4.69) is 18.0 Å². The van der Waals surface area contributed by atoms with Crippen molar-refractivity contribution in [1.29, 1.82) is 0 Å². The van der Waals surface area contributed by atoms with E-state index in [4.69, 9.17) is 0 Å². The van der Waals surface area contributed by atoms with Gasteiger partial charge in [0.2, 0.25) is 0 Å². The molecule has 0 saturated carbocycles. The number of carbonyl (C=O) groups is 1. The number of pyridine rings is 1. The van der Waals surface area contributed by atoms with Gasteiger partial charge in [-0.05, 0) is 37.8 Å². The Balaban J connectivity index is 2.53. The molecule has 0 fully saturated rings. The first kappa shape index (κ1) is 10.3. The van der Waals surface area contributed by atoms with Gasteiger partial charge >= 0.3 is 0 Å². The number of hydrogen-bond acceptors (Lipinski definition) is 2. The Bertz CT molecular complexity index is 396. The van der Waals surface area contributed by atoms with Crippen LogP contribution in [0.15, 0.2) is 6.07 Å². The first-order valence-corrected chi connectivity index (χ1v) is 5.75. The number of rotatable bonds is 2. The lowest BCUT2D eigenvalue weighted by molar-refractivity contribution is 0.0971. The molecule has 0 saturated heterocycles. The van der Waals surface area contributed by atoms with E-state index < -0.39 is 0 Å². The van der Waals surface area contributed by atoms with Crippen molar-refractivity contribution < 1.29 is 4.79 Å². The van der Waals surface area contributed by atoms with Crippen LogP contribution in [0.25, 0.3) is 0 Å². The van der Waals surface area contributed by atoms with Crippen LogP contribution in [-0.4, -0.2) is 10.8 Å². The summed E-state index contributed by atoms with van der Waals surface area (Å²) in [6.45, 7) is 4.14. The zero-order chi connectivity index (χ0) is 10.8. The highest BCUT2D eigenvalue weighted by atomic mass is 16.1. The molecule has 1 heterocycles. The second kappa shape index (κ2) is 4.13. The number of ketones is 1. The molecular formula is C13H17NO. The van der Waals surface area contributed by atoms with Crippen molar-refractivity contribution in [3.8, 4) is 0 Å². The molecule has 15 heavy (non-hydrogen) atoms. The molecule has 0 bridgehead atoms. The molecule has 0 N–H and O–H groups in total. The number of fused-ring (bicyclic) bond motifs is 1. The van der Waals surface area contributed by atoms with Gasteiger partial charge in [0.1, 0.15) is 0 Å². The largest absolute Gasteiger partial charge is 0.294 e. The van der Waals surface area contributed by atoms with Crippen LogP contribution in [0.1, 0.15) is 53.5 Å². The van der Waals surface area contributed by atoms with Crippen molar-refractivity contribution >= 4 is 5.78 Å². The summed E-state index contributed by atoms with van der Waals surface area (Å²) in [7, 11) is 0. The van der Waals surface area contributed by atoms with Crippen LogP contribution >= 0.6 is 0 Å². The Hall–Kier alpha value is -1.18. The average Bonchev–Trinajstić information content (AvgIpc) is 2.17. The topological polar surface area (TPSA) is 30.0 Å². The third-order valence-electron chi connectivity index (χ3n) is 2.92. The second-order valence-corrected chi connectivity index (χ2v) is 4.27. The van der Waals surface area contributed by atoms with Gasteiger partial charge in [-0.25, -0.2) is 0 Å². The van der Waals surface area contributed by atoms with Gasteiger partial charge in [-0.15, -0.1) is 0 Å². The standard InChI is InChI=1S/C13H17NO/c1-3-5-11-13-10(8-9(2)14-11)6-4-7-12(13)15/h8H,3-7H2,1-2H3. The van der Waals surface area contributed by atoms with Crippen LogP contribution in [0.5, 0.6) is 0 Å². The fourth-order valence-electron chi connectivity index (χ4n) is 2.33. The monoisotopic (exact) mass is 203 g/mol. The predicted molar refractivity (Wildman–Crippen MR) is 60.2 cm³/mol. The number of aromatic nitrogens is 1. The van der Waals surface area contributed by atoms with Crippen LogP contribution in [0.2, 0.25) is 0 Å². The van der Waals surface area contributed by atoms with Crippen LogP contribution in [-0.2, 0) is 12.8 Å². The van der Waals surface area contributed by atoms with E-state index in [-0.39, 0.29) is 0 Å². The Labute approximate surface area is 90.7 Å². The highest BCUT2D eigenvalue weighted by molar-refractivity contribution is 5.99. The minimum atomic E-state index is 0.298. The maximum absolute atomic E-state index is 11.9. The molecule has 0 radical (unpaired) electrons. The number of carbonyl (C=O) groups excluding carboxylic acids is 1. The van der Waals surface area contributed by atoms with E-state index in [1.807, 2.05) is 6.92 Å². The maximum atomic E-state index is 11.9. The first-order valence-electron chi connectivity index (χ1n) is 5.75. The summed E-state index contributed by atoms with van der Waals surface area (Å²) < 4.78 is 0. The van der Waals surface area contributed by atoms with Gasteiger partial charge in [-0.2, -0.15) is 0 Å². The molecule has 0 atom stereocenters. The number of Topliss-reactive ketones (excluding diaryl/α,β-unsaturated/α-hetero) is 1. The van der Waals surface area contributed by atoms with Crippen LogP contribution < -0.4 is 0 Å². The van der Waals surface area contributed by atoms with Crippen molar-refractivity contribution in [3.05, 3.63) is 28.6 Å². The molecule has 1 aromatic rings. The van der Waals surface area contributed by atoms with E-state index in [0.29, 0.717) is 12.2 Å². The van der Waals surface area contributed by atoms with E-state index in [1.54, 1.807) is 0 Å². The lowest BCUT2D eigenvalue weighted by Crippen LogP contribution is -2.16. The number of nitrogens with zero attached hydrogens (tertiary/aromatic N) is 1. The van der Waals surface area contributed by atoms with Crippen molar-refractivity contribution in [2.24, 2.45) is 0 Å². The average molecular weight is 203 g/mol. The number of hydrogen-bond donors (Lipinski definition) is 0. The van der Waals surface area contributed by atoms with E-state index in [0.717, 1.165) is 42.6 Å². The summed E-state index contributed by atoms with van der Waals surface area (Å²) in [4.78, 5) is 16.4. The molecule has 1 aromatic heterocycles. The summed E-state index contributed by atoms with van der Waals surface area (Å²) in [6.07, 6.45) is 4.72. The Kier molecular flexibility index (Phi) is 2.85. The zero-order valence-electron chi connectivity index (χ0n) is 9.47. The summed E-state index contributed by atoms with van der Waals surface area (Å²) in [5.74, 6) is 0.298. The second-order valence-electron chi connectivity index (χ2n) is 4.27. The molecule has 0 spiro atoms. The van der Waals surface area contributed by atoms with Gasteiger partial charge in [0, 0.05) is 17.7 Å².